The molecule has 2 nitrogen and oxygen atoms in total. The van der Waals surface area contributed by atoms with Crippen molar-refractivity contribution in [2.24, 2.45) is 0 Å². The van der Waals surface area contributed by atoms with E-state index in [0.29, 0.717) is 0 Å². The van der Waals surface area contributed by atoms with Crippen LogP contribution in [-0.2, 0) is 0 Å². The van der Waals surface area contributed by atoms with Crippen LogP contribution < -0.4 is 4.90 Å². The van der Waals surface area contributed by atoms with Gasteiger partial charge in [-0.05, 0) is 104 Å². The lowest BCUT2D eigenvalue weighted by Crippen LogP contribution is -2.11. The number of fused-ring (bicyclic) bond motifs is 4. The van der Waals surface area contributed by atoms with Gasteiger partial charge in [0.15, 0.2) is 0 Å². The molecule has 0 atom stereocenters. The van der Waals surface area contributed by atoms with E-state index in [1.165, 1.54) is 44.2 Å². The molecule has 0 radical (unpaired) electrons. The first kappa shape index (κ1) is 31.6. The summed E-state index contributed by atoms with van der Waals surface area (Å²) in [5.74, 6) is 0. The first-order valence-electron chi connectivity index (χ1n) is 18.4. The summed E-state index contributed by atoms with van der Waals surface area (Å²) >= 11 is 0. The normalized spacial score (nSPS) is 11.3. The van der Waals surface area contributed by atoms with Crippen molar-refractivity contribution in [3.05, 3.63) is 212 Å². The molecule has 10 rings (SSSR count). The van der Waals surface area contributed by atoms with Gasteiger partial charge in [-0.15, -0.1) is 0 Å². The molecule has 0 bridgehead atoms. The highest BCUT2D eigenvalue weighted by molar-refractivity contribution is 6.07. The third kappa shape index (κ3) is 5.81. The van der Waals surface area contributed by atoms with Crippen molar-refractivity contribution in [2.75, 3.05) is 4.90 Å². The number of rotatable bonds is 7. The van der Waals surface area contributed by atoms with Crippen LogP contribution in [0.1, 0.15) is 0 Å². The molecule has 0 unspecified atom stereocenters. The lowest BCUT2D eigenvalue weighted by atomic mass is 9.98. The molecule has 0 N–H and O–H groups in total. The zero-order valence-electron chi connectivity index (χ0n) is 29.6. The Balaban J connectivity index is 1.09. The lowest BCUT2D eigenvalue weighted by molar-refractivity contribution is 0.669. The maximum Gasteiger partial charge on any atom is 0.135 e. The fourth-order valence-electron chi connectivity index (χ4n) is 7.72. The van der Waals surface area contributed by atoms with Crippen molar-refractivity contribution in [1.29, 1.82) is 0 Å². The van der Waals surface area contributed by atoms with Crippen molar-refractivity contribution in [1.82, 2.24) is 0 Å². The van der Waals surface area contributed by atoms with Gasteiger partial charge in [0.25, 0.3) is 0 Å². The predicted octanol–water partition coefficient (Wildman–Crippen LogP) is 14.9. The largest absolute Gasteiger partial charge is 0.456 e. The standard InChI is InChI=1S/C52H35NO/c1-2-11-36(12-3-1)38-21-23-39(24-22-38)40-27-30-45(31-28-40)53(46-16-10-15-42(34-46)43-26-25-37-13-4-5-14-41(37)33-43)50-19-8-6-17-47(50)44-29-32-52-49(35-44)48-18-7-9-20-51(48)54-52/h1-35H. The molecule has 254 valence electrons. The molecule has 0 saturated carbocycles. The van der Waals surface area contributed by atoms with E-state index in [1.54, 1.807) is 0 Å². The minimum atomic E-state index is 0.893. The Morgan fingerprint density at radius 1 is 0.296 bits per heavy atom. The summed E-state index contributed by atoms with van der Waals surface area (Å²) in [5, 5.41) is 4.71. The Bertz CT molecular complexity index is 2920. The topological polar surface area (TPSA) is 16.4 Å². The molecule has 1 aromatic heterocycles. The maximum atomic E-state index is 6.21. The zero-order valence-corrected chi connectivity index (χ0v) is 29.6. The minimum absolute atomic E-state index is 0.893. The van der Waals surface area contributed by atoms with E-state index < -0.39 is 0 Å². The molecular weight excluding hydrogens is 655 g/mol. The molecule has 1 heterocycles. The van der Waals surface area contributed by atoms with Gasteiger partial charge in [0.2, 0.25) is 0 Å². The van der Waals surface area contributed by atoms with Crippen molar-refractivity contribution < 1.29 is 4.42 Å². The van der Waals surface area contributed by atoms with Gasteiger partial charge in [0.1, 0.15) is 11.2 Å². The average molecular weight is 690 g/mol. The summed E-state index contributed by atoms with van der Waals surface area (Å²) in [4.78, 5) is 2.39. The van der Waals surface area contributed by atoms with E-state index in [0.717, 1.165) is 50.1 Å². The van der Waals surface area contributed by atoms with E-state index >= 15 is 0 Å². The molecule has 0 aliphatic heterocycles. The second-order valence-electron chi connectivity index (χ2n) is 13.8. The lowest BCUT2D eigenvalue weighted by Gasteiger charge is -2.28. The van der Waals surface area contributed by atoms with Crippen molar-refractivity contribution in [3.8, 4) is 44.5 Å². The number of hydrogen-bond acceptors (Lipinski definition) is 2. The van der Waals surface area contributed by atoms with Gasteiger partial charge in [-0.1, -0.05) is 158 Å². The van der Waals surface area contributed by atoms with Crippen LogP contribution in [0.4, 0.5) is 17.1 Å². The summed E-state index contributed by atoms with van der Waals surface area (Å²) in [6.07, 6.45) is 0. The zero-order chi connectivity index (χ0) is 35.8. The van der Waals surface area contributed by atoms with Crippen LogP contribution in [0.2, 0.25) is 0 Å². The summed E-state index contributed by atoms with van der Waals surface area (Å²) in [7, 11) is 0. The first-order valence-corrected chi connectivity index (χ1v) is 18.4. The van der Waals surface area contributed by atoms with Crippen molar-refractivity contribution in [3.63, 3.8) is 0 Å². The van der Waals surface area contributed by atoms with Gasteiger partial charge >= 0.3 is 0 Å². The van der Waals surface area contributed by atoms with Gasteiger partial charge in [0.05, 0.1) is 5.69 Å². The van der Waals surface area contributed by atoms with Gasteiger partial charge in [0, 0.05) is 27.7 Å². The number of benzene rings is 9. The highest BCUT2D eigenvalue weighted by atomic mass is 16.3. The number of furan rings is 1. The second kappa shape index (κ2) is 13.4. The van der Waals surface area contributed by atoms with Crippen molar-refractivity contribution in [2.45, 2.75) is 0 Å². The quantitative estimate of drug-likeness (QED) is 0.166. The van der Waals surface area contributed by atoms with Crippen LogP contribution in [0, 0.1) is 0 Å². The van der Waals surface area contributed by atoms with Crippen LogP contribution in [0.5, 0.6) is 0 Å². The van der Waals surface area contributed by atoms with Crippen LogP contribution in [-0.4, -0.2) is 0 Å². The fourth-order valence-corrected chi connectivity index (χ4v) is 7.72. The number of anilines is 3. The van der Waals surface area contributed by atoms with Gasteiger partial charge in [-0.25, -0.2) is 0 Å². The molecule has 2 heteroatoms. The minimum Gasteiger partial charge on any atom is -0.456 e. The van der Waals surface area contributed by atoms with E-state index in [9.17, 15) is 0 Å². The predicted molar refractivity (Wildman–Crippen MR) is 228 cm³/mol. The Labute approximate surface area is 314 Å². The average Bonchev–Trinajstić information content (AvgIpc) is 3.63. The third-order valence-electron chi connectivity index (χ3n) is 10.5. The van der Waals surface area contributed by atoms with Crippen LogP contribution in [0.3, 0.4) is 0 Å². The molecule has 0 fully saturated rings. The molecule has 0 aliphatic rings. The summed E-state index contributed by atoms with van der Waals surface area (Å²) < 4.78 is 6.21. The highest BCUT2D eigenvalue weighted by Gasteiger charge is 2.19. The number of hydrogen-bond donors (Lipinski definition) is 0. The molecule has 9 aromatic carbocycles. The second-order valence-corrected chi connectivity index (χ2v) is 13.8. The van der Waals surface area contributed by atoms with E-state index in [2.05, 4.69) is 205 Å². The van der Waals surface area contributed by atoms with Crippen LogP contribution in [0.15, 0.2) is 217 Å². The molecule has 0 amide bonds. The highest BCUT2D eigenvalue weighted by Crippen LogP contribution is 2.43. The number of nitrogens with zero attached hydrogens (tertiary/aromatic N) is 1. The summed E-state index contributed by atoms with van der Waals surface area (Å²) in [6.45, 7) is 0. The molecule has 54 heavy (non-hydrogen) atoms. The maximum absolute atomic E-state index is 6.21. The van der Waals surface area contributed by atoms with Crippen LogP contribution >= 0.6 is 0 Å². The van der Waals surface area contributed by atoms with Gasteiger partial charge in [-0.3, -0.25) is 0 Å². The molecule has 0 spiro atoms. The number of para-hydroxylation sites is 2. The van der Waals surface area contributed by atoms with E-state index in [4.69, 9.17) is 4.42 Å². The third-order valence-corrected chi connectivity index (χ3v) is 10.5. The van der Waals surface area contributed by atoms with Crippen molar-refractivity contribution >= 4 is 49.8 Å². The van der Waals surface area contributed by atoms with Gasteiger partial charge in [-0.2, -0.15) is 0 Å². The SMILES string of the molecule is c1ccc(-c2ccc(-c3ccc(N(c4cccc(-c5ccc6ccccc6c5)c4)c4ccccc4-c4ccc5oc6ccccc6c5c4)cc3)cc2)cc1. The smallest absolute Gasteiger partial charge is 0.135 e. The monoisotopic (exact) mass is 689 g/mol. The Hall–Kier alpha value is -7.16. The molecular formula is C52H35NO. The molecule has 10 aromatic rings. The Kier molecular flexibility index (Phi) is 7.85. The first-order chi connectivity index (χ1) is 26.7. The fraction of sp³-hybridized carbons (Fsp3) is 0. The van der Waals surface area contributed by atoms with Gasteiger partial charge < -0.3 is 9.32 Å². The Morgan fingerprint density at radius 3 is 1.69 bits per heavy atom. The molecule has 0 saturated heterocycles. The Morgan fingerprint density at radius 2 is 0.870 bits per heavy atom. The summed E-state index contributed by atoms with van der Waals surface area (Å²) in [5.41, 5.74) is 14.5. The molecule has 0 aliphatic carbocycles. The summed E-state index contributed by atoms with van der Waals surface area (Å²) in [6, 6.07) is 76.0. The van der Waals surface area contributed by atoms with E-state index in [-0.39, 0.29) is 0 Å². The van der Waals surface area contributed by atoms with E-state index in [1.807, 2.05) is 12.1 Å². The van der Waals surface area contributed by atoms with Crippen LogP contribution in [0.25, 0.3) is 77.2 Å².